The van der Waals surface area contributed by atoms with Gasteiger partial charge in [-0.2, -0.15) is 0 Å². The van der Waals surface area contributed by atoms with Crippen molar-refractivity contribution in [2.24, 2.45) is 0 Å². The number of ketones is 1. The number of carboxylic acid groups (broad SMARTS) is 1. The number of H-pyrrole nitrogens is 1. The van der Waals surface area contributed by atoms with Crippen LogP contribution in [0.15, 0.2) is 41.2 Å². The van der Waals surface area contributed by atoms with E-state index in [9.17, 15) is 31.9 Å². The first-order chi connectivity index (χ1) is 16.0. The summed E-state index contributed by atoms with van der Waals surface area (Å²) in [6.07, 6.45) is 0.0947. The lowest BCUT2D eigenvalue weighted by molar-refractivity contribution is -0.138. The smallest absolute Gasteiger partial charge is 0.320 e. The molecule has 3 aromatic rings. The van der Waals surface area contributed by atoms with E-state index in [0.717, 1.165) is 30.3 Å². The molecule has 0 unspecified atom stereocenters. The molecule has 0 aliphatic carbocycles. The van der Waals surface area contributed by atoms with Gasteiger partial charge in [0.25, 0.3) is 5.56 Å². The third-order valence-corrected chi connectivity index (χ3v) is 5.10. The topological polar surface area (TPSA) is 125 Å². The zero-order valence-electron chi connectivity index (χ0n) is 17.7. The molecule has 1 aromatic heterocycles. The molecule has 0 bridgehead atoms. The summed E-state index contributed by atoms with van der Waals surface area (Å²) in [6, 6.07) is 4.15. The molecule has 11 heteroatoms. The monoisotopic (exact) mass is 477 g/mol. The summed E-state index contributed by atoms with van der Waals surface area (Å²) >= 11 is 0. The summed E-state index contributed by atoms with van der Waals surface area (Å²) in [5.74, 6) is -6.88. The summed E-state index contributed by atoms with van der Waals surface area (Å²) in [4.78, 5) is 38.1. The van der Waals surface area contributed by atoms with Crippen LogP contribution >= 0.6 is 0 Å². The summed E-state index contributed by atoms with van der Waals surface area (Å²) in [5.41, 5.74) is 2.61. The lowest BCUT2D eigenvalue weighted by Gasteiger charge is -2.12. The van der Waals surface area contributed by atoms with Crippen molar-refractivity contribution in [3.05, 3.63) is 86.7 Å². The molecule has 0 spiro atoms. The minimum atomic E-state index is -1.18. The van der Waals surface area contributed by atoms with Crippen molar-refractivity contribution in [1.29, 1.82) is 0 Å². The Kier molecular flexibility index (Phi) is 7.16. The molecule has 1 heterocycles. The fourth-order valence-corrected chi connectivity index (χ4v) is 3.28. The molecule has 34 heavy (non-hydrogen) atoms. The summed E-state index contributed by atoms with van der Waals surface area (Å²) < 4.78 is 56.9. The highest BCUT2D eigenvalue weighted by molar-refractivity contribution is 6.12. The van der Waals surface area contributed by atoms with Gasteiger partial charge in [0.15, 0.2) is 5.78 Å². The largest absolute Gasteiger partial charge is 0.480 e. The zero-order valence-corrected chi connectivity index (χ0v) is 17.7. The van der Waals surface area contributed by atoms with E-state index in [4.69, 9.17) is 10.8 Å². The van der Waals surface area contributed by atoms with Gasteiger partial charge in [0, 0.05) is 6.07 Å². The number of carbonyl (C=O) groups is 2. The highest BCUT2D eigenvalue weighted by Gasteiger charge is 2.23. The van der Waals surface area contributed by atoms with Gasteiger partial charge >= 0.3 is 5.97 Å². The number of aromatic nitrogens is 1. The molecule has 0 saturated heterocycles. The van der Waals surface area contributed by atoms with Crippen LogP contribution in [-0.2, 0) is 11.2 Å². The van der Waals surface area contributed by atoms with Crippen LogP contribution in [0.25, 0.3) is 11.1 Å². The number of carboxylic acids is 1. The number of hydrogen-bond acceptors (Lipinski definition) is 5. The van der Waals surface area contributed by atoms with Gasteiger partial charge in [-0.05, 0) is 55.8 Å². The third-order valence-electron chi connectivity index (χ3n) is 5.10. The number of benzene rings is 2. The van der Waals surface area contributed by atoms with E-state index in [1.165, 1.54) is 6.92 Å². The number of anilines is 1. The lowest BCUT2D eigenvalue weighted by Crippen LogP contribution is -2.35. The minimum Gasteiger partial charge on any atom is -0.480 e. The van der Waals surface area contributed by atoms with Gasteiger partial charge in [-0.1, -0.05) is 0 Å². The molecule has 2 aromatic carbocycles. The van der Waals surface area contributed by atoms with Gasteiger partial charge in [0.05, 0.1) is 22.3 Å². The Morgan fingerprint density at radius 1 is 1.03 bits per heavy atom. The Bertz CT molecular complexity index is 1320. The first-order valence-electron chi connectivity index (χ1n) is 9.96. The average Bonchev–Trinajstić information content (AvgIpc) is 2.74. The van der Waals surface area contributed by atoms with E-state index < -0.39 is 74.7 Å². The number of aromatic amines is 1. The Balaban J connectivity index is 1.97. The van der Waals surface area contributed by atoms with Gasteiger partial charge in [-0.25, -0.2) is 17.6 Å². The second-order valence-corrected chi connectivity index (χ2v) is 7.49. The van der Waals surface area contributed by atoms with Crippen molar-refractivity contribution < 1.29 is 32.3 Å². The maximum Gasteiger partial charge on any atom is 0.320 e. The predicted molar refractivity (Wildman–Crippen MR) is 115 cm³/mol. The Labute approximate surface area is 190 Å². The highest BCUT2D eigenvalue weighted by Crippen LogP contribution is 2.28. The number of rotatable bonds is 8. The molecule has 1 atom stereocenters. The quantitative estimate of drug-likeness (QED) is 0.292. The molecule has 0 radical (unpaired) electrons. The van der Waals surface area contributed by atoms with Crippen LogP contribution in [0.2, 0.25) is 0 Å². The van der Waals surface area contributed by atoms with Crippen molar-refractivity contribution in [3.63, 3.8) is 0 Å². The number of pyridine rings is 1. The van der Waals surface area contributed by atoms with E-state index in [0.29, 0.717) is 6.07 Å². The Morgan fingerprint density at radius 2 is 1.68 bits per heavy atom. The van der Waals surface area contributed by atoms with Crippen LogP contribution in [-0.4, -0.2) is 34.4 Å². The van der Waals surface area contributed by atoms with Crippen LogP contribution in [0.4, 0.5) is 23.4 Å². The van der Waals surface area contributed by atoms with Crippen molar-refractivity contribution in [3.8, 4) is 11.1 Å². The molecule has 0 amide bonds. The van der Waals surface area contributed by atoms with Crippen LogP contribution in [0.3, 0.4) is 0 Å². The first kappa shape index (κ1) is 24.6. The van der Waals surface area contributed by atoms with Crippen molar-refractivity contribution in [1.82, 2.24) is 10.3 Å². The number of carbonyl (C=O) groups excluding carboxylic acids is 1. The van der Waals surface area contributed by atoms with Crippen LogP contribution < -0.4 is 16.6 Å². The van der Waals surface area contributed by atoms with Crippen molar-refractivity contribution in [2.75, 3.05) is 12.3 Å². The zero-order chi connectivity index (χ0) is 25.2. The van der Waals surface area contributed by atoms with Gasteiger partial charge in [-0.15, -0.1) is 0 Å². The molecule has 0 saturated carbocycles. The van der Waals surface area contributed by atoms with Crippen molar-refractivity contribution >= 4 is 17.6 Å². The minimum absolute atomic E-state index is 0.0947. The number of hydrogen-bond donors (Lipinski definition) is 4. The van der Waals surface area contributed by atoms with E-state index >= 15 is 0 Å². The fourth-order valence-electron chi connectivity index (χ4n) is 3.28. The normalized spacial score (nSPS) is 11.9. The van der Waals surface area contributed by atoms with Gasteiger partial charge in [0.1, 0.15) is 35.1 Å². The first-order valence-corrected chi connectivity index (χ1v) is 9.96. The second kappa shape index (κ2) is 9.87. The number of nitrogens with two attached hydrogens (primary N) is 1. The number of halogens is 4. The molecule has 0 fully saturated rings. The molecule has 178 valence electrons. The number of nitrogen functional groups attached to an aromatic ring is 1. The van der Waals surface area contributed by atoms with Gasteiger partial charge in [-0.3, -0.25) is 14.4 Å². The summed E-state index contributed by atoms with van der Waals surface area (Å²) in [7, 11) is 0. The number of aliphatic carboxylic acids is 1. The number of nitrogens with one attached hydrogen (secondary N) is 2. The summed E-state index contributed by atoms with van der Waals surface area (Å²) in [6.45, 7) is 1.53. The van der Waals surface area contributed by atoms with E-state index in [1.807, 2.05) is 0 Å². The molecular formula is C23H19F4N3O4. The second-order valence-electron chi connectivity index (χ2n) is 7.49. The molecule has 0 aliphatic rings. The molecule has 3 rings (SSSR count). The SMILES string of the molecule is C[C@H](NCCc1cc(F)c(-c2cc(C(=O)c3ccc(F)cc3F)c(N)[nH]c2=O)c(F)c1)C(=O)O. The van der Waals surface area contributed by atoms with E-state index in [1.54, 1.807) is 0 Å². The van der Waals surface area contributed by atoms with Crippen LogP contribution in [0, 0.1) is 23.3 Å². The molecule has 5 N–H and O–H groups in total. The average molecular weight is 477 g/mol. The van der Waals surface area contributed by atoms with Crippen molar-refractivity contribution in [2.45, 2.75) is 19.4 Å². The fraction of sp³-hybridized carbons (Fsp3) is 0.174. The molecular weight excluding hydrogens is 458 g/mol. The lowest BCUT2D eigenvalue weighted by atomic mass is 9.97. The van der Waals surface area contributed by atoms with E-state index in [-0.39, 0.29) is 18.5 Å². The van der Waals surface area contributed by atoms with Gasteiger partial charge < -0.3 is 21.1 Å². The van der Waals surface area contributed by atoms with E-state index in [2.05, 4.69) is 10.3 Å². The van der Waals surface area contributed by atoms with Crippen LogP contribution in [0.1, 0.15) is 28.4 Å². The van der Waals surface area contributed by atoms with Gasteiger partial charge in [0.2, 0.25) is 0 Å². The summed E-state index contributed by atoms with van der Waals surface area (Å²) in [5, 5.41) is 11.5. The maximum absolute atomic E-state index is 14.8. The maximum atomic E-state index is 14.8. The molecule has 0 aliphatic heterocycles. The Hall–Kier alpha value is -3.99. The van der Waals surface area contributed by atoms with Crippen LogP contribution in [0.5, 0.6) is 0 Å². The Morgan fingerprint density at radius 3 is 2.26 bits per heavy atom. The standard InChI is InChI=1S/C23H19F4N3O4/c1-10(23(33)34)29-5-4-11-6-17(26)19(18(27)7-11)14-9-15(21(28)30-22(14)32)20(31)13-3-2-12(24)8-16(13)25/h2-3,6-10,29H,4-5H2,1H3,(H,33,34)(H3,28,30,32)/t10-/m0/s1. The predicted octanol–water partition coefficient (Wildman–Crippen LogP) is 3.02. The highest BCUT2D eigenvalue weighted by atomic mass is 19.1. The third kappa shape index (κ3) is 5.15. The molecule has 7 nitrogen and oxygen atoms in total.